The molecule has 0 heterocycles. The molecule has 0 amide bonds. The van der Waals surface area contributed by atoms with Crippen LogP contribution in [0.25, 0.3) is 0 Å². The smallest absolute Gasteiger partial charge is 0.0106 e. The fourth-order valence-electron chi connectivity index (χ4n) is 0.00972. The zero-order chi connectivity index (χ0) is 4.12. The van der Waals surface area contributed by atoms with Gasteiger partial charge in [-0.15, -0.1) is 0 Å². The molecule has 0 N–H and O–H groups in total. The lowest BCUT2D eigenvalue weighted by molar-refractivity contribution is -0.643. The highest BCUT2D eigenvalue weighted by atomic mass is 19.4. The minimum Gasteiger partial charge on any atom is -0.0124 e. The van der Waals surface area contributed by atoms with Gasteiger partial charge in [-0.2, -0.15) is 0 Å². The summed E-state index contributed by atoms with van der Waals surface area (Å²) < 4.78 is 19.8. The summed E-state index contributed by atoms with van der Waals surface area (Å²) in [4.78, 5) is 0. The van der Waals surface area contributed by atoms with E-state index >= 15 is 0 Å². The molecule has 0 fully saturated rings. The van der Waals surface area contributed by atoms with Crippen molar-refractivity contribution in [1.82, 2.24) is 0 Å². The van der Waals surface area contributed by atoms with Crippen molar-refractivity contribution in [2.75, 3.05) is 0 Å². The average Bonchev–Trinajstić information content (AvgIpc) is 1.41. The van der Waals surface area contributed by atoms with Gasteiger partial charge in [-0.25, -0.2) is 0 Å². The van der Waals surface area contributed by atoms with E-state index in [1.165, 1.54) is 0 Å². The largest absolute Gasteiger partial charge is 0.0124 e. The molecule has 0 aromatic carbocycles. The molecule has 0 unspecified atom stereocenters. The van der Waals surface area contributed by atoms with Crippen LogP contribution in [-0.4, -0.2) is 8.41 Å². The lowest BCUT2D eigenvalue weighted by atomic mass is 10.8. The van der Waals surface area contributed by atoms with Crippen molar-refractivity contribution in [3.8, 4) is 0 Å². The molecule has 6 heavy (non-hydrogen) atoms. The highest BCUT2D eigenvalue weighted by Crippen LogP contribution is 1.77. The van der Waals surface area contributed by atoms with Gasteiger partial charge in [-0.05, 0) is 9.05 Å². The standard InChI is InChI=1S/B.F2O3/c;1-3-5-4-2. The first-order chi connectivity index (χ1) is 2.41. The maximum absolute atomic E-state index is 9.91. The predicted octanol–water partition coefficient (Wildman–Crippen LogP) is 0.254. The minimum absolute atomic E-state index is 0. The van der Waals surface area contributed by atoms with Gasteiger partial charge in [0.2, 0.25) is 0 Å². The lowest BCUT2D eigenvalue weighted by Gasteiger charge is -1.73. The molecule has 35 valence electrons. The highest BCUT2D eigenvalue weighted by molar-refractivity contribution is 5.75. The molecule has 0 rings (SSSR count). The van der Waals surface area contributed by atoms with E-state index in [0.717, 1.165) is 0 Å². The minimum atomic E-state index is 0. The van der Waals surface area contributed by atoms with Crippen molar-refractivity contribution < 1.29 is 24.3 Å². The third-order valence-corrected chi connectivity index (χ3v) is 0.0514. The van der Waals surface area contributed by atoms with Crippen molar-refractivity contribution >= 4 is 8.41 Å². The highest BCUT2D eigenvalue weighted by Gasteiger charge is 1.74. The molecule has 6 heteroatoms. The molecule has 3 nitrogen and oxygen atoms in total. The van der Waals surface area contributed by atoms with E-state index in [1.807, 2.05) is 0 Å². The second-order valence-electron chi connectivity index (χ2n) is 0.194. The monoisotopic (exact) mass is 97.0 g/mol. The Morgan fingerprint density at radius 1 is 1.00 bits per heavy atom. The first kappa shape index (κ1) is 9.26. The Morgan fingerprint density at radius 2 is 1.33 bits per heavy atom. The van der Waals surface area contributed by atoms with Crippen molar-refractivity contribution in [2.24, 2.45) is 0 Å². The third kappa shape index (κ3) is 9.19. The molecule has 0 aliphatic heterocycles. The molecule has 0 saturated heterocycles. The quantitative estimate of drug-likeness (QED) is 0.281. The maximum atomic E-state index is 9.91. The first-order valence-corrected chi connectivity index (χ1v) is 0.642. The van der Waals surface area contributed by atoms with Crippen LogP contribution in [-0.2, 0) is 15.2 Å². The van der Waals surface area contributed by atoms with Crippen LogP contribution < -0.4 is 0 Å². The van der Waals surface area contributed by atoms with Gasteiger partial charge in [-0.3, -0.25) is 0 Å². The molecular formula is BF2O3. The SMILES string of the molecule is FOOOF.[B]. The molecule has 0 atom stereocenters. The summed E-state index contributed by atoms with van der Waals surface area (Å²) >= 11 is 0. The summed E-state index contributed by atoms with van der Waals surface area (Å²) in [7, 11) is 0. The van der Waals surface area contributed by atoms with Gasteiger partial charge in [0.05, 0.1) is 0 Å². The van der Waals surface area contributed by atoms with E-state index in [9.17, 15) is 9.05 Å². The zero-order valence-electron chi connectivity index (χ0n) is 2.56. The van der Waals surface area contributed by atoms with Gasteiger partial charge < -0.3 is 0 Å². The van der Waals surface area contributed by atoms with Crippen LogP contribution in [0, 0.1) is 0 Å². The second-order valence-corrected chi connectivity index (χ2v) is 0.194. The van der Waals surface area contributed by atoms with E-state index in [1.54, 1.807) is 0 Å². The average molecular weight is 96.8 g/mol. The third-order valence-electron chi connectivity index (χ3n) is 0.0514. The molecule has 0 aliphatic rings. The van der Waals surface area contributed by atoms with Crippen LogP contribution in [0.1, 0.15) is 0 Å². The molecule has 0 spiro atoms. The fraction of sp³-hybridized carbons (Fsp3) is 0. The maximum Gasteiger partial charge on any atom is 0.0106 e. The molecular weight excluding hydrogens is 96.8 g/mol. The predicted molar refractivity (Wildman–Crippen MR) is 11.2 cm³/mol. The summed E-state index contributed by atoms with van der Waals surface area (Å²) in [5.41, 5.74) is 0. The van der Waals surface area contributed by atoms with Gasteiger partial charge in [0.15, 0.2) is 0 Å². The van der Waals surface area contributed by atoms with Crippen LogP contribution in [0.4, 0.5) is 9.05 Å². The Kier molecular flexibility index (Phi) is 13.6. The molecule has 0 aliphatic carbocycles. The number of hydrogen-bond acceptors (Lipinski definition) is 3. The number of hydrogen-bond donors (Lipinski definition) is 0. The van der Waals surface area contributed by atoms with E-state index in [0.29, 0.717) is 0 Å². The van der Waals surface area contributed by atoms with E-state index in [2.05, 4.69) is 15.2 Å². The molecule has 0 saturated carbocycles. The van der Waals surface area contributed by atoms with Crippen LogP contribution in [0.5, 0.6) is 0 Å². The van der Waals surface area contributed by atoms with E-state index in [-0.39, 0.29) is 8.41 Å². The Bertz CT molecular complexity index is 16.3. The van der Waals surface area contributed by atoms with Gasteiger partial charge >= 0.3 is 0 Å². The second kappa shape index (κ2) is 8.84. The topological polar surface area (TPSA) is 27.7 Å². The summed E-state index contributed by atoms with van der Waals surface area (Å²) in [6.07, 6.45) is 0. The lowest BCUT2D eigenvalue weighted by Crippen LogP contribution is -1.73. The van der Waals surface area contributed by atoms with E-state index < -0.39 is 0 Å². The van der Waals surface area contributed by atoms with E-state index in [4.69, 9.17) is 0 Å². The van der Waals surface area contributed by atoms with Crippen molar-refractivity contribution in [1.29, 1.82) is 0 Å². The van der Waals surface area contributed by atoms with Crippen molar-refractivity contribution in [3.05, 3.63) is 0 Å². The van der Waals surface area contributed by atoms with Crippen molar-refractivity contribution in [2.45, 2.75) is 0 Å². The van der Waals surface area contributed by atoms with Crippen LogP contribution >= 0.6 is 0 Å². The fourth-order valence-corrected chi connectivity index (χ4v) is 0.00972. The first-order valence-electron chi connectivity index (χ1n) is 0.642. The zero-order valence-corrected chi connectivity index (χ0v) is 2.56. The Hall–Kier alpha value is -0.195. The summed E-state index contributed by atoms with van der Waals surface area (Å²) in [6.45, 7) is 0. The summed E-state index contributed by atoms with van der Waals surface area (Å²) in [6, 6.07) is 0. The normalized spacial score (nSPS) is 7.00. The Morgan fingerprint density at radius 3 is 1.33 bits per heavy atom. The Balaban J connectivity index is 0. The molecule has 0 aromatic rings. The van der Waals surface area contributed by atoms with Crippen LogP contribution in [0.2, 0.25) is 0 Å². The molecule has 3 radical (unpaired) electrons. The number of halogens is 2. The van der Waals surface area contributed by atoms with Gasteiger partial charge in [0.25, 0.3) is 0 Å². The van der Waals surface area contributed by atoms with Crippen LogP contribution in [0.15, 0.2) is 0 Å². The van der Waals surface area contributed by atoms with Gasteiger partial charge in [-0.1, -0.05) is 0 Å². The van der Waals surface area contributed by atoms with Crippen LogP contribution in [0.3, 0.4) is 0 Å². The Labute approximate surface area is 34.0 Å². The summed E-state index contributed by atoms with van der Waals surface area (Å²) in [5, 5.41) is 6.69. The molecule has 0 aromatic heterocycles. The molecule has 0 bridgehead atoms. The summed E-state index contributed by atoms with van der Waals surface area (Å²) in [5.74, 6) is 0. The van der Waals surface area contributed by atoms with Gasteiger partial charge in [0, 0.05) is 23.6 Å². The van der Waals surface area contributed by atoms with Gasteiger partial charge in [0.1, 0.15) is 0 Å². The number of rotatable bonds is 2. The van der Waals surface area contributed by atoms with Crippen molar-refractivity contribution in [3.63, 3.8) is 0 Å².